The number of hydrogen-bond donors (Lipinski definition) is 1. The van der Waals surface area contributed by atoms with E-state index < -0.39 is 0 Å². The maximum Gasteiger partial charge on any atom is 0.0252 e. The van der Waals surface area contributed by atoms with E-state index in [1.807, 2.05) is 0 Å². The van der Waals surface area contributed by atoms with Crippen LogP contribution in [-0.2, 0) is 0 Å². The molecule has 1 saturated carbocycles. The average molecular weight is 196 g/mol. The summed E-state index contributed by atoms with van der Waals surface area (Å²) in [5.74, 6) is 1.95. The Morgan fingerprint density at radius 2 is 2.07 bits per heavy atom. The molecule has 1 saturated heterocycles. The minimum Gasteiger partial charge on any atom is -0.309 e. The third-order valence-corrected chi connectivity index (χ3v) is 3.97. The van der Waals surface area contributed by atoms with Gasteiger partial charge in [-0.15, -0.1) is 0 Å². The summed E-state index contributed by atoms with van der Waals surface area (Å²) in [4.78, 5) is 2.67. The van der Waals surface area contributed by atoms with E-state index in [0.717, 1.165) is 24.4 Å². The van der Waals surface area contributed by atoms with Crippen LogP contribution in [0.5, 0.6) is 0 Å². The van der Waals surface area contributed by atoms with Crippen molar-refractivity contribution in [3.63, 3.8) is 0 Å². The first kappa shape index (κ1) is 10.4. The molecule has 82 valence electrons. The summed E-state index contributed by atoms with van der Waals surface area (Å²) in [5, 5.41) is 3.57. The standard InChI is InChI=1S/C12H24N2/c1-9-7-11(9)10(2)14-6-5-13-12(3,4)8-14/h9-11,13H,5-8H2,1-4H3. The summed E-state index contributed by atoms with van der Waals surface area (Å²) >= 11 is 0. The molecule has 2 fully saturated rings. The Morgan fingerprint density at radius 3 is 2.57 bits per heavy atom. The van der Waals surface area contributed by atoms with Gasteiger partial charge in [-0.05, 0) is 39.0 Å². The Kier molecular flexibility index (Phi) is 2.61. The van der Waals surface area contributed by atoms with Crippen LogP contribution in [0.4, 0.5) is 0 Å². The second kappa shape index (κ2) is 3.49. The normalized spacial score (nSPS) is 39.4. The highest BCUT2D eigenvalue weighted by Gasteiger charge is 2.41. The van der Waals surface area contributed by atoms with Crippen molar-refractivity contribution in [3.8, 4) is 0 Å². The lowest BCUT2D eigenvalue weighted by atomic mass is 9.99. The van der Waals surface area contributed by atoms with Crippen molar-refractivity contribution in [2.75, 3.05) is 19.6 Å². The molecule has 1 aliphatic carbocycles. The Bertz CT molecular complexity index is 212. The van der Waals surface area contributed by atoms with Crippen LogP contribution >= 0.6 is 0 Å². The van der Waals surface area contributed by atoms with E-state index in [4.69, 9.17) is 0 Å². The molecule has 3 atom stereocenters. The summed E-state index contributed by atoms with van der Waals surface area (Å²) < 4.78 is 0. The van der Waals surface area contributed by atoms with E-state index in [9.17, 15) is 0 Å². The van der Waals surface area contributed by atoms with E-state index >= 15 is 0 Å². The van der Waals surface area contributed by atoms with Gasteiger partial charge in [0.2, 0.25) is 0 Å². The van der Waals surface area contributed by atoms with Gasteiger partial charge in [-0.25, -0.2) is 0 Å². The second-order valence-electron chi connectivity index (χ2n) is 5.90. The lowest BCUT2D eigenvalue weighted by Gasteiger charge is -2.42. The number of nitrogens with zero attached hydrogens (tertiary/aromatic N) is 1. The highest BCUT2D eigenvalue weighted by atomic mass is 15.2. The molecule has 0 aromatic carbocycles. The topological polar surface area (TPSA) is 15.3 Å². The fourth-order valence-electron chi connectivity index (χ4n) is 2.82. The molecule has 2 aliphatic rings. The molecule has 0 aromatic heterocycles. The monoisotopic (exact) mass is 196 g/mol. The summed E-state index contributed by atoms with van der Waals surface area (Å²) in [7, 11) is 0. The fourth-order valence-corrected chi connectivity index (χ4v) is 2.82. The average Bonchev–Trinajstić information content (AvgIpc) is 2.79. The van der Waals surface area contributed by atoms with Crippen molar-refractivity contribution in [1.29, 1.82) is 0 Å². The number of rotatable bonds is 2. The third-order valence-electron chi connectivity index (χ3n) is 3.97. The van der Waals surface area contributed by atoms with Gasteiger partial charge in [-0.3, -0.25) is 4.90 Å². The van der Waals surface area contributed by atoms with Crippen molar-refractivity contribution < 1.29 is 0 Å². The molecule has 0 radical (unpaired) electrons. The number of piperazine rings is 1. The van der Waals surface area contributed by atoms with Crippen molar-refractivity contribution in [3.05, 3.63) is 0 Å². The van der Waals surface area contributed by atoms with E-state index in [1.54, 1.807) is 0 Å². The zero-order valence-electron chi connectivity index (χ0n) is 10.0. The summed E-state index contributed by atoms with van der Waals surface area (Å²) in [6.45, 7) is 13.0. The van der Waals surface area contributed by atoms with Crippen LogP contribution in [0.25, 0.3) is 0 Å². The largest absolute Gasteiger partial charge is 0.309 e. The first-order valence-electron chi connectivity index (χ1n) is 5.99. The zero-order chi connectivity index (χ0) is 10.3. The number of hydrogen-bond acceptors (Lipinski definition) is 2. The minimum absolute atomic E-state index is 0.310. The van der Waals surface area contributed by atoms with Crippen LogP contribution in [0.3, 0.4) is 0 Å². The highest BCUT2D eigenvalue weighted by Crippen LogP contribution is 2.42. The molecule has 1 N–H and O–H groups in total. The van der Waals surface area contributed by atoms with Crippen molar-refractivity contribution in [2.45, 2.75) is 45.7 Å². The van der Waals surface area contributed by atoms with Gasteiger partial charge in [0.25, 0.3) is 0 Å². The molecule has 0 bridgehead atoms. The van der Waals surface area contributed by atoms with E-state index in [2.05, 4.69) is 37.9 Å². The van der Waals surface area contributed by atoms with E-state index in [1.165, 1.54) is 19.5 Å². The lowest BCUT2D eigenvalue weighted by Crippen LogP contribution is -2.59. The molecule has 0 aromatic rings. The van der Waals surface area contributed by atoms with Crippen LogP contribution in [0.2, 0.25) is 0 Å². The van der Waals surface area contributed by atoms with Gasteiger partial charge in [0.1, 0.15) is 0 Å². The van der Waals surface area contributed by atoms with Gasteiger partial charge in [-0.1, -0.05) is 6.92 Å². The molecule has 2 rings (SSSR count). The van der Waals surface area contributed by atoms with Crippen LogP contribution in [0, 0.1) is 11.8 Å². The SMILES string of the molecule is CC1CC1C(C)N1CCNC(C)(C)C1. The van der Waals surface area contributed by atoms with Gasteiger partial charge >= 0.3 is 0 Å². The fraction of sp³-hybridized carbons (Fsp3) is 1.00. The van der Waals surface area contributed by atoms with Crippen LogP contribution < -0.4 is 5.32 Å². The minimum atomic E-state index is 0.310. The first-order chi connectivity index (χ1) is 6.49. The Balaban J connectivity index is 1.91. The van der Waals surface area contributed by atoms with E-state index in [-0.39, 0.29) is 0 Å². The van der Waals surface area contributed by atoms with Crippen LogP contribution in [0.1, 0.15) is 34.1 Å². The quantitative estimate of drug-likeness (QED) is 0.723. The van der Waals surface area contributed by atoms with Crippen LogP contribution in [0.15, 0.2) is 0 Å². The molecule has 1 heterocycles. The number of nitrogens with one attached hydrogen (secondary N) is 1. The second-order valence-corrected chi connectivity index (χ2v) is 5.90. The van der Waals surface area contributed by atoms with Crippen molar-refractivity contribution >= 4 is 0 Å². The van der Waals surface area contributed by atoms with Gasteiger partial charge in [0.15, 0.2) is 0 Å². The molecule has 2 nitrogen and oxygen atoms in total. The summed E-state index contributed by atoms with van der Waals surface area (Å²) in [5.41, 5.74) is 0.310. The van der Waals surface area contributed by atoms with Gasteiger partial charge in [0.05, 0.1) is 0 Å². The van der Waals surface area contributed by atoms with Crippen molar-refractivity contribution in [1.82, 2.24) is 10.2 Å². The lowest BCUT2D eigenvalue weighted by molar-refractivity contribution is 0.104. The predicted octanol–water partition coefficient (Wildman–Crippen LogP) is 1.71. The van der Waals surface area contributed by atoms with Gasteiger partial charge < -0.3 is 5.32 Å². The zero-order valence-corrected chi connectivity index (χ0v) is 10.0. The molecule has 0 amide bonds. The van der Waals surface area contributed by atoms with E-state index in [0.29, 0.717) is 5.54 Å². The maximum absolute atomic E-state index is 3.57. The summed E-state index contributed by atoms with van der Waals surface area (Å²) in [6.07, 6.45) is 1.45. The Hall–Kier alpha value is -0.0800. The third kappa shape index (κ3) is 2.12. The smallest absolute Gasteiger partial charge is 0.0252 e. The molecule has 2 heteroatoms. The molecule has 0 spiro atoms. The Labute approximate surface area is 88.1 Å². The van der Waals surface area contributed by atoms with Gasteiger partial charge in [-0.2, -0.15) is 0 Å². The molecule has 14 heavy (non-hydrogen) atoms. The predicted molar refractivity (Wildman–Crippen MR) is 60.4 cm³/mol. The molecular formula is C12H24N2. The molecule has 1 aliphatic heterocycles. The van der Waals surface area contributed by atoms with Gasteiger partial charge in [0, 0.05) is 31.2 Å². The molecular weight excluding hydrogens is 172 g/mol. The van der Waals surface area contributed by atoms with Crippen LogP contribution in [-0.4, -0.2) is 36.1 Å². The Morgan fingerprint density at radius 1 is 1.43 bits per heavy atom. The molecule has 3 unspecified atom stereocenters. The first-order valence-corrected chi connectivity index (χ1v) is 5.99. The highest BCUT2D eigenvalue weighted by molar-refractivity contribution is 4.96. The summed E-state index contributed by atoms with van der Waals surface area (Å²) in [6, 6.07) is 0.798. The van der Waals surface area contributed by atoms with Crippen molar-refractivity contribution in [2.24, 2.45) is 11.8 Å². The maximum atomic E-state index is 3.57.